The van der Waals surface area contributed by atoms with Gasteiger partial charge in [0.2, 0.25) is 5.91 Å². The fourth-order valence-corrected chi connectivity index (χ4v) is 3.00. The van der Waals surface area contributed by atoms with E-state index in [0.717, 1.165) is 34.1 Å². The molecule has 2 heterocycles. The van der Waals surface area contributed by atoms with Crippen LogP contribution < -0.4 is 5.32 Å². The summed E-state index contributed by atoms with van der Waals surface area (Å²) in [4.78, 5) is 16.1. The molecule has 0 bridgehead atoms. The fraction of sp³-hybridized carbons (Fsp3) is 0.235. The standard InChI is InChI=1S/C17H17N3OS/c1-11-7-15(13-9-19-22-10-13)20-16-8-12(3-5-14(11)16)4-6-17(21)18-2/h3,5,7-10H,4,6H2,1-2H3,(H,18,21). The first-order valence-corrected chi connectivity index (χ1v) is 8.01. The Balaban J connectivity index is 1.97. The van der Waals surface area contributed by atoms with Crippen LogP contribution in [0.3, 0.4) is 0 Å². The summed E-state index contributed by atoms with van der Waals surface area (Å²) in [5, 5.41) is 5.80. The van der Waals surface area contributed by atoms with Crippen LogP contribution in [0, 0.1) is 6.92 Å². The zero-order valence-electron chi connectivity index (χ0n) is 12.6. The largest absolute Gasteiger partial charge is 0.359 e. The third kappa shape index (κ3) is 2.99. The van der Waals surface area contributed by atoms with Crippen molar-refractivity contribution in [3.8, 4) is 11.3 Å². The highest BCUT2D eigenvalue weighted by Crippen LogP contribution is 2.25. The average molecular weight is 311 g/mol. The molecule has 0 aliphatic heterocycles. The van der Waals surface area contributed by atoms with Crippen LogP contribution in [-0.4, -0.2) is 22.3 Å². The van der Waals surface area contributed by atoms with Crippen LogP contribution in [0.2, 0.25) is 0 Å². The molecule has 0 radical (unpaired) electrons. The predicted molar refractivity (Wildman–Crippen MR) is 90.0 cm³/mol. The summed E-state index contributed by atoms with van der Waals surface area (Å²) in [5.74, 6) is 0.0577. The molecular formula is C17H17N3OS. The summed E-state index contributed by atoms with van der Waals surface area (Å²) in [6.07, 6.45) is 3.06. The van der Waals surface area contributed by atoms with Crippen LogP contribution in [0.25, 0.3) is 22.2 Å². The van der Waals surface area contributed by atoms with Crippen molar-refractivity contribution in [2.24, 2.45) is 0 Å². The molecule has 1 N–H and O–H groups in total. The summed E-state index contributed by atoms with van der Waals surface area (Å²) in [7, 11) is 1.66. The molecule has 0 atom stereocenters. The van der Waals surface area contributed by atoms with Gasteiger partial charge in [-0.25, -0.2) is 9.36 Å². The van der Waals surface area contributed by atoms with Crippen molar-refractivity contribution in [1.82, 2.24) is 14.7 Å². The Kier molecular flexibility index (Phi) is 4.15. The van der Waals surface area contributed by atoms with Gasteiger partial charge in [0.15, 0.2) is 0 Å². The number of nitrogens with one attached hydrogen (secondary N) is 1. The number of benzene rings is 1. The van der Waals surface area contributed by atoms with Gasteiger partial charge in [0.1, 0.15) is 0 Å². The van der Waals surface area contributed by atoms with Crippen molar-refractivity contribution in [2.45, 2.75) is 19.8 Å². The van der Waals surface area contributed by atoms with Crippen LogP contribution in [0.1, 0.15) is 17.5 Å². The third-order valence-corrected chi connectivity index (χ3v) is 4.32. The molecule has 0 aliphatic carbocycles. The van der Waals surface area contributed by atoms with Gasteiger partial charge in [-0.3, -0.25) is 4.79 Å². The number of hydrogen-bond donors (Lipinski definition) is 1. The first-order chi connectivity index (χ1) is 10.7. The zero-order valence-corrected chi connectivity index (χ0v) is 13.4. The predicted octanol–water partition coefficient (Wildman–Crippen LogP) is 3.35. The van der Waals surface area contributed by atoms with E-state index in [4.69, 9.17) is 4.98 Å². The van der Waals surface area contributed by atoms with Gasteiger partial charge in [-0.1, -0.05) is 12.1 Å². The van der Waals surface area contributed by atoms with Crippen molar-refractivity contribution in [1.29, 1.82) is 0 Å². The Labute approximate surface area is 133 Å². The molecular weight excluding hydrogens is 294 g/mol. The van der Waals surface area contributed by atoms with Crippen LogP contribution in [-0.2, 0) is 11.2 Å². The summed E-state index contributed by atoms with van der Waals surface area (Å²) < 4.78 is 4.14. The average Bonchev–Trinajstić information content (AvgIpc) is 3.06. The minimum absolute atomic E-state index is 0.0577. The number of nitrogens with zero attached hydrogens (tertiary/aromatic N) is 2. The Bertz CT molecular complexity index is 812. The second-order valence-electron chi connectivity index (χ2n) is 5.26. The second kappa shape index (κ2) is 6.23. The first kappa shape index (κ1) is 14.7. The second-order valence-corrected chi connectivity index (χ2v) is 5.92. The van der Waals surface area contributed by atoms with E-state index in [1.807, 2.05) is 11.6 Å². The number of fused-ring (bicyclic) bond motifs is 1. The molecule has 4 nitrogen and oxygen atoms in total. The summed E-state index contributed by atoms with van der Waals surface area (Å²) in [6.45, 7) is 2.09. The smallest absolute Gasteiger partial charge is 0.220 e. The molecule has 3 rings (SSSR count). The fourth-order valence-electron chi connectivity index (χ4n) is 2.47. The third-order valence-electron chi connectivity index (χ3n) is 3.73. The normalized spacial score (nSPS) is 10.8. The van der Waals surface area contributed by atoms with E-state index < -0.39 is 0 Å². The van der Waals surface area contributed by atoms with Crippen LogP contribution in [0.4, 0.5) is 0 Å². The van der Waals surface area contributed by atoms with Gasteiger partial charge in [-0.15, -0.1) is 0 Å². The molecule has 3 aromatic rings. The van der Waals surface area contributed by atoms with Crippen molar-refractivity contribution >= 4 is 28.3 Å². The molecule has 1 aromatic carbocycles. The lowest BCUT2D eigenvalue weighted by Gasteiger charge is -2.08. The number of amides is 1. The van der Waals surface area contributed by atoms with Crippen molar-refractivity contribution in [3.63, 3.8) is 0 Å². The molecule has 0 saturated carbocycles. The van der Waals surface area contributed by atoms with Gasteiger partial charge in [-0.05, 0) is 48.1 Å². The maximum Gasteiger partial charge on any atom is 0.220 e. The monoisotopic (exact) mass is 311 g/mol. The summed E-state index contributed by atoms with van der Waals surface area (Å²) >= 11 is 1.43. The molecule has 2 aromatic heterocycles. The van der Waals surface area contributed by atoms with E-state index in [2.05, 4.69) is 40.9 Å². The maximum atomic E-state index is 11.4. The Morgan fingerprint density at radius 1 is 1.32 bits per heavy atom. The van der Waals surface area contributed by atoms with E-state index in [1.165, 1.54) is 17.1 Å². The lowest BCUT2D eigenvalue weighted by molar-refractivity contribution is -0.120. The summed E-state index contributed by atoms with van der Waals surface area (Å²) in [5.41, 5.74) is 5.29. The van der Waals surface area contributed by atoms with Crippen molar-refractivity contribution in [3.05, 3.63) is 47.0 Å². The van der Waals surface area contributed by atoms with E-state index >= 15 is 0 Å². The number of pyridine rings is 1. The number of hydrogen-bond acceptors (Lipinski definition) is 4. The molecule has 0 fully saturated rings. The Morgan fingerprint density at radius 3 is 2.91 bits per heavy atom. The lowest BCUT2D eigenvalue weighted by atomic mass is 10.0. The minimum atomic E-state index is 0.0577. The topological polar surface area (TPSA) is 54.9 Å². The molecule has 22 heavy (non-hydrogen) atoms. The van der Waals surface area contributed by atoms with Gasteiger partial charge >= 0.3 is 0 Å². The zero-order chi connectivity index (χ0) is 15.5. The Morgan fingerprint density at radius 2 is 2.18 bits per heavy atom. The van der Waals surface area contributed by atoms with Gasteiger partial charge in [0.05, 0.1) is 17.4 Å². The van der Waals surface area contributed by atoms with Crippen LogP contribution in [0.15, 0.2) is 35.8 Å². The highest BCUT2D eigenvalue weighted by Gasteiger charge is 2.07. The number of carbonyl (C=O) groups is 1. The number of aromatic nitrogens is 2. The number of aryl methyl sites for hydroxylation is 2. The highest BCUT2D eigenvalue weighted by molar-refractivity contribution is 7.03. The van der Waals surface area contributed by atoms with Gasteiger partial charge in [-0.2, -0.15) is 0 Å². The van der Waals surface area contributed by atoms with E-state index in [0.29, 0.717) is 6.42 Å². The van der Waals surface area contributed by atoms with Gasteiger partial charge in [0, 0.05) is 29.8 Å². The SMILES string of the molecule is CNC(=O)CCc1ccc2c(C)cc(-c3cnsc3)nc2c1. The minimum Gasteiger partial charge on any atom is -0.359 e. The van der Waals surface area contributed by atoms with Crippen molar-refractivity contribution in [2.75, 3.05) is 7.05 Å². The van der Waals surface area contributed by atoms with E-state index in [9.17, 15) is 4.79 Å². The quantitative estimate of drug-likeness (QED) is 0.804. The molecule has 0 unspecified atom stereocenters. The maximum absolute atomic E-state index is 11.4. The molecule has 0 aliphatic rings. The van der Waals surface area contributed by atoms with Crippen LogP contribution >= 0.6 is 11.5 Å². The highest BCUT2D eigenvalue weighted by atomic mass is 32.1. The first-order valence-electron chi connectivity index (χ1n) is 7.18. The molecule has 1 amide bonds. The van der Waals surface area contributed by atoms with E-state index in [-0.39, 0.29) is 5.91 Å². The molecule has 0 saturated heterocycles. The van der Waals surface area contributed by atoms with Gasteiger partial charge in [0.25, 0.3) is 0 Å². The van der Waals surface area contributed by atoms with Crippen LogP contribution in [0.5, 0.6) is 0 Å². The molecule has 0 spiro atoms. The van der Waals surface area contributed by atoms with Gasteiger partial charge < -0.3 is 5.32 Å². The number of carbonyl (C=O) groups excluding carboxylic acids is 1. The lowest BCUT2D eigenvalue weighted by Crippen LogP contribution is -2.17. The Hall–Kier alpha value is -2.27. The van der Waals surface area contributed by atoms with Crippen molar-refractivity contribution < 1.29 is 4.79 Å². The van der Waals surface area contributed by atoms with E-state index in [1.54, 1.807) is 7.05 Å². The molecule has 112 valence electrons. The summed E-state index contributed by atoms with van der Waals surface area (Å²) in [6, 6.07) is 8.34. The molecule has 5 heteroatoms. The number of rotatable bonds is 4.